The summed E-state index contributed by atoms with van der Waals surface area (Å²) in [6, 6.07) is 17.6. The van der Waals surface area contributed by atoms with E-state index in [0.29, 0.717) is 16.1 Å². The first-order chi connectivity index (χ1) is 14.7. The summed E-state index contributed by atoms with van der Waals surface area (Å²) < 4.78 is 1.98. The zero-order valence-corrected chi connectivity index (χ0v) is 18.2. The summed E-state index contributed by atoms with van der Waals surface area (Å²) in [5.74, 6) is -0.760. The van der Waals surface area contributed by atoms with E-state index < -0.39 is 17.5 Å². The average Bonchev–Trinajstić information content (AvgIpc) is 3.16. The van der Waals surface area contributed by atoms with Gasteiger partial charge in [-0.25, -0.2) is 4.79 Å². The highest BCUT2D eigenvalue weighted by Gasteiger charge is 2.49. The van der Waals surface area contributed by atoms with Crippen LogP contribution < -0.4 is 5.32 Å². The molecular formula is C24H22ClN3O3. The number of aryl methyl sites for hydroxylation is 1. The van der Waals surface area contributed by atoms with E-state index in [1.165, 1.54) is 0 Å². The van der Waals surface area contributed by atoms with Gasteiger partial charge in [0.05, 0.1) is 6.54 Å². The number of ketones is 1. The largest absolute Gasteiger partial charge is 0.325 e. The fourth-order valence-corrected chi connectivity index (χ4v) is 4.19. The number of hydrogen-bond donors (Lipinski definition) is 1. The fraction of sp³-hybridized carbons (Fsp3) is 0.208. The van der Waals surface area contributed by atoms with Crippen LogP contribution >= 0.6 is 11.6 Å². The van der Waals surface area contributed by atoms with E-state index in [9.17, 15) is 14.4 Å². The Morgan fingerprint density at radius 3 is 2.32 bits per heavy atom. The second kappa shape index (κ2) is 7.71. The highest BCUT2D eigenvalue weighted by atomic mass is 35.5. The Morgan fingerprint density at radius 1 is 1.03 bits per heavy atom. The molecule has 0 bridgehead atoms. The molecule has 1 aliphatic heterocycles. The van der Waals surface area contributed by atoms with Gasteiger partial charge < -0.3 is 9.88 Å². The summed E-state index contributed by atoms with van der Waals surface area (Å²) in [5, 5.41) is 3.25. The first kappa shape index (κ1) is 20.9. The first-order valence-corrected chi connectivity index (χ1v) is 10.3. The second-order valence-corrected chi connectivity index (χ2v) is 8.27. The average molecular weight is 436 g/mol. The minimum Gasteiger partial charge on any atom is -0.319 e. The summed E-state index contributed by atoms with van der Waals surface area (Å²) >= 11 is 5.94. The topological polar surface area (TPSA) is 71.4 Å². The standard InChI is InChI=1S/C24H22ClN3O3/c1-15-13-20(16(2)28(15)19-7-5-4-6-8-19)21(29)14-27-22(30)24(3,26-23(27)31)17-9-11-18(25)12-10-17/h4-13H,14H2,1-3H3,(H,26,31)/t24-/m0/s1. The number of rotatable bonds is 5. The number of carbonyl (C=O) groups excluding carboxylic acids is 3. The first-order valence-electron chi connectivity index (χ1n) is 9.90. The van der Waals surface area contributed by atoms with Crippen LogP contribution in [0.3, 0.4) is 0 Å². The zero-order valence-electron chi connectivity index (χ0n) is 17.5. The Kier molecular flexibility index (Phi) is 5.19. The molecule has 0 unspecified atom stereocenters. The van der Waals surface area contributed by atoms with Crippen molar-refractivity contribution in [2.45, 2.75) is 26.3 Å². The van der Waals surface area contributed by atoms with Crippen LogP contribution in [0.5, 0.6) is 0 Å². The molecule has 31 heavy (non-hydrogen) atoms. The molecule has 1 fully saturated rings. The number of nitrogens with one attached hydrogen (secondary N) is 1. The van der Waals surface area contributed by atoms with Crippen LogP contribution in [0.15, 0.2) is 60.7 Å². The van der Waals surface area contributed by atoms with Crippen LogP contribution in [-0.4, -0.2) is 33.7 Å². The summed E-state index contributed by atoms with van der Waals surface area (Å²) in [5.41, 5.74) is 2.45. The van der Waals surface area contributed by atoms with E-state index in [1.807, 2.05) is 48.7 Å². The van der Waals surface area contributed by atoms with Gasteiger partial charge in [-0.2, -0.15) is 0 Å². The Balaban J connectivity index is 1.60. The van der Waals surface area contributed by atoms with Gasteiger partial charge in [-0.05, 0) is 56.7 Å². The molecule has 0 spiro atoms. The maximum atomic E-state index is 13.1. The van der Waals surface area contributed by atoms with Crippen molar-refractivity contribution in [3.8, 4) is 5.69 Å². The quantitative estimate of drug-likeness (QED) is 0.477. The number of benzene rings is 2. The lowest BCUT2D eigenvalue weighted by molar-refractivity contribution is -0.130. The molecule has 1 aliphatic rings. The van der Waals surface area contributed by atoms with Crippen LogP contribution in [0.25, 0.3) is 5.69 Å². The number of halogens is 1. The van der Waals surface area contributed by atoms with Crippen molar-refractivity contribution in [1.29, 1.82) is 0 Å². The Morgan fingerprint density at radius 2 is 1.68 bits per heavy atom. The van der Waals surface area contributed by atoms with Crippen LogP contribution in [0.1, 0.15) is 34.2 Å². The molecule has 3 aromatic rings. The summed E-state index contributed by atoms with van der Waals surface area (Å²) in [4.78, 5) is 39.8. The molecule has 1 N–H and O–H groups in total. The minimum absolute atomic E-state index is 0.292. The van der Waals surface area contributed by atoms with Crippen LogP contribution in [0.2, 0.25) is 5.02 Å². The molecule has 6 nitrogen and oxygen atoms in total. The molecule has 0 aliphatic carbocycles. The number of Topliss-reactive ketones (excluding diaryl/α,β-unsaturated/α-hetero) is 1. The Bertz CT molecular complexity index is 1180. The highest BCUT2D eigenvalue weighted by Crippen LogP contribution is 2.30. The number of imide groups is 1. The molecule has 1 atom stereocenters. The Hall–Kier alpha value is -3.38. The number of hydrogen-bond acceptors (Lipinski definition) is 3. The van der Waals surface area contributed by atoms with Gasteiger partial charge in [0.25, 0.3) is 5.91 Å². The molecule has 1 saturated heterocycles. The second-order valence-electron chi connectivity index (χ2n) is 7.83. The number of para-hydroxylation sites is 1. The smallest absolute Gasteiger partial charge is 0.319 e. The summed E-state index contributed by atoms with van der Waals surface area (Å²) in [7, 11) is 0. The predicted octanol–water partition coefficient (Wildman–Crippen LogP) is 4.40. The monoisotopic (exact) mass is 435 g/mol. The normalized spacial score (nSPS) is 18.4. The SMILES string of the molecule is Cc1cc(C(=O)CN2C(=O)N[C@@](C)(c3ccc(Cl)cc3)C2=O)c(C)n1-c1ccccc1. The van der Waals surface area contributed by atoms with E-state index in [1.54, 1.807) is 37.3 Å². The molecule has 2 aromatic carbocycles. The van der Waals surface area contributed by atoms with E-state index in [0.717, 1.165) is 22.0 Å². The number of nitrogens with zero attached hydrogens (tertiary/aromatic N) is 2. The summed E-state index contributed by atoms with van der Waals surface area (Å²) in [6.45, 7) is 5.08. The van der Waals surface area contributed by atoms with Gasteiger partial charge in [0.2, 0.25) is 0 Å². The molecule has 7 heteroatoms. The van der Waals surface area contributed by atoms with Crippen LogP contribution in [0, 0.1) is 13.8 Å². The maximum absolute atomic E-state index is 13.1. The molecule has 1 aromatic heterocycles. The Labute approximate surface area is 185 Å². The van der Waals surface area contributed by atoms with Gasteiger partial charge in [-0.15, -0.1) is 0 Å². The van der Waals surface area contributed by atoms with Crippen molar-refractivity contribution < 1.29 is 14.4 Å². The van der Waals surface area contributed by atoms with Crippen LogP contribution in [0.4, 0.5) is 4.79 Å². The van der Waals surface area contributed by atoms with Crippen molar-refractivity contribution in [2.75, 3.05) is 6.54 Å². The van der Waals surface area contributed by atoms with Gasteiger partial charge in [0, 0.05) is 27.7 Å². The third-order valence-electron chi connectivity index (χ3n) is 5.74. The summed E-state index contributed by atoms with van der Waals surface area (Å²) in [6.07, 6.45) is 0. The van der Waals surface area contributed by atoms with Crippen molar-refractivity contribution in [1.82, 2.24) is 14.8 Å². The van der Waals surface area contributed by atoms with Gasteiger partial charge in [-0.1, -0.05) is 41.9 Å². The highest BCUT2D eigenvalue weighted by molar-refractivity contribution is 6.30. The van der Waals surface area contributed by atoms with Crippen molar-refractivity contribution in [3.05, 3.63) is 88.2 Å². The third-order valence-corrected chi connectivity index (χ3v) is 6.00. The molecule has 2 heterocycles. The van der Waals surface area contributed by atoms with E-state index >= 15 is 0 Å². The lowest BCUT2D eigenvalue weighted by atomic mass is 9.92. The van der Waals surface area contributed by atoms with Gasteiger partial charge >= 0.3 is 6.03 Å². The van der Waals surface area contributed by atoms with Gasteiger partial charge in [-0.3, -0.25) is 14.5 Å². The maximum Gasteiger partial charge on any atom is 0.325 e. The van der Waals surface area contributed by atoms with Crippen molar-refractivity contribution in [2.24, 2.45) is 0 Å². The van der Waals surface area contributed by atoms with Crippen molar-refractivity contribution in [3.63, 3.8) is 0 Å². The van der Waals surface area contributed by atoms with Gasteiger partial charge in [0.1, 0.15) is 5.54 Å². The number of amides is 3. The number of aromatic nitrogens is 1. The van der Waals surface area contributed by atoms with E-state index in [2.05, 4.69) is 5.32 Å². The third kappa shape index (κ3) is 3.53. The lowest BCUT2D eigenvalue weighted by Gasteiger charge is -2.22. The zero-order chi connectivity index (χ0) is 22.3. The minimum atomic E-state index is -1.25. The van der Waals surface area contributed by atoms with Gasteiger partial charge in [0.15, 0.2) is 5.78 Å². The fourth-order valence-electron chi connectivity index (χ4n) is 4.07. The van der Waals surface area contributed by atoms with E-state index in [4.69, 9.17) is 11.6 Å². The molecular weight excluding hydrogens is 414 g/mol. The molecule has 4 rings (SSSR count). The molecule has 158 valence electrons. The molecule has 0 radical (unpaired) electrons. The molecule has 3 amide bonds. The lowest BCUT2D eigenvalue weighted by Crippen LogP contribution is -2.41. The number of carbonyl (C=O) groups is 3. The van der Waals surface area contributed by atoms with Crippen molar-refractivity contribution >= 4 is 29.3 Å². The molecule has 0 saturated carbocycles. The van der Waals surface area contributed by atoms with E-state index in [-0.39, 0.29) is 12.3 Å². The van der Waals surface area contributed by atoms with Crippen LogP contribution in [-0.2, 0) is 10.3 Å². The predicted molar refractivity (Wildman–Crippen MR) is 119 cm³/mol. The number of urea groups is 1.